The van der Waals surface area contributed by atoms with Crippen molar-refractivity contribution in [2.45, 2.75) is 31.3 Å². The molecule has 0 atom stereocenters. The van der Waals surface area contributed by atoms with E-state index in [-0.39, 0.29) is 0 Å². The fourth-order valence-electron chi connectivity index (χ4n) is 1.50. The molecule has 0 saturated heterocycles. The highest BCUT2D eigenvalue weighted by Crippen LogP contribution is 2.46. The van der Waals surface area contributed by atoms with Crippen LogP contribution in [0.1, 0.15) is 18.4 Å². The summed E-state index contributed by atoms with van der Waals surface area (Å²) < 4.78 is 103. The standard InChI is InChI=1S/C11H8F8O/c1-9(12,13)20-7-4-2-6(3-5-7)8(10(14,15)16)11(17,18)19/h2-5,8H,1H3. The van der Waals surface area contributed by atoms with Crippen LogP contribution in [-0.4, -0.2) is 18.5 Å². The number of benzene rings is 1. The molecule has 20 heavy (non-hydrogen) atoms. The Morgan fingerprint density at radius 2 is 1.20 bits per heavy atom. The lowest BCUT2D eigenvalue weighted by atomic mass is 9.98. The van der Waals surface area contributed by atoms with Crippen molar-refractivity contribution in [1.82, 2.24) is 0 Å². The van der Waals surface area contributed by atoms with E-state index in [1.54, 1.807) is 0 Å². The summed E-state index contributed by atoms with van der Waals surface area (Å²) in [6, 6.07) is 2.15. The molecule has 0 bridgehead atoms. The maximum Gasteiger partial charge on any atom is 0.404 e. The van der Waals surface area contributed by atoms with Crippen LogP contribution in [0.15, 0.2) is 24.3 Å². The van der Waals surface area contributed by atoms with Crippen molar-refractivity contribution < 1.29 is 39.9 Å². The molecule has 0 N–H and O–H groups in total. The molecule has 0 unspecified atom stereocenters. The van der Waals surface area contributed by atoms with E-state index in [1.807, 2.05) is 0 Å². The van der Waals surface area contributed by atoms with Crippen molar-refractivity contribution >= 4 is 0 Å². The first-order valence-electron chi connectivity index (χ1n) is 5.11. The number of alkyl halides is 8. The highest BCUT2D eigenvalue weighted by atomic mass is 19.4. The maximum absolute atomic E-state index is 12.5. The minimum atomic E-state index is -5.53. The van der Waals surface area contributed by atoms with Crippen LogP contribution in [0.3, 0.4) is 0 Å². The monoisotopic (exact) mass is 308 g/mol. The Kier molecular flexibility index (Phi) is 4.21. The van der Waals surface area contributed by atoms with Crippen LogP contribution < -0.4 is 4.74 Å². The van der Waals surface area contributed by atoms with E-state index >= 15 is 0 Å². The molecule has 0 radical (unpaired) electrons. The summed E-state index contributed by atoms with van der Waals surface area (Å²) in [5.74, 6) is -4.21. The van der Waals surface area contributed by atoms with Gasteiger partial charge in [-0.05, 0) is 17.7 Å². The summed E-state index contributed by atoms with van der Waals surface area (Å²) in [4.78, 5) is 0. The molecule has 1 rings (SSSR count). The van der Waals surface area contributed by atoms with E-state index in [0.29, 0.717) is 31.2 Å². The number of hydrogen-bond donors (Lipinski definition) is 0. The first kappa shape index (κ1) is 16.5. The second-order valence-corrected chi connectivity index (χ2v) is 4.00. The minimum absolute atomic E-state index is 0.384. The minimum Gasteiger partial charge on any atom is -0.433 e. The SMILES string of the molecule is CC(F)(F)Oc1ccc(C(C(F)(F)F)C(F)(F)F)cc1. The molecule has 1 aromatic carbocycles. The van der Waals surface area contributed by atoms with Crippen molar-refractivity contribution in [2.75, 3.05) is 0 Å². The molecule has 0 saturated carbocycles. The van der Waals surface area contributed by atoms with Gasteiger partial charge in [0.1, 0.15) is 5.75 Å². The first-order chi connectivity index (χ1) is 8.81. The zero-order valence-electron chi connectivity index (χ0n) is 9.82. The van der Waals surface area contributed by atoms with E-state index in [0.717, 1.165) is 0 Å². The van der Waals surface area contributed by atoms with Gasteiger partial charge in [-0.15, -0.1) is 0 Å². The average molecular weight is 308 g/mol. The summed E-state index contributed by atoms with van der Waals surface area (Å²) >= 11 is 0. The van der Waals surface area contributed by atoms with E-state index in [4.69, 9.17) is 0 Å². The summed E-state index contributed by atoms with van der Waals surface area (Å²) in [5.41, 5.74) is -1.10. The van der Waals surface area contributed by atoms with Gasteiger partial charge in [-0.2, -0.15) is 35.1 Å². The number of rotatable bonds is 3. The lowest BCUT2D eigenvalue weighted by Gasteiger charge is -2.23. The molecular weight excluding hydrogens is 300 g/mol. The van der Waals surface area contributed by atoms with Gasteiger partial charge < -0.3 is 4.74 Å². The number of halogens is 8. The Balaban J connectivity index is 3.07. The molecule has 114 valence electrons. The van der Waals surface area contributed by atoms with E-state index < -0.39 is 35.7 Å². The Morgan fingerprint density at radius 1 is 0.800 bits per heavy atom. The smallest absolute Gasteiger partial charge is 0.404 e. The third kappa shape index (κ3) is 4.53. The molecule has 0 aliphatic rings. The number of ether oxygens (including phenoxy) is 1. The van der Waals surface area contributed by atoms with Crippen LogP contribution in [0.25, 0.3) is 0 Å². The second kappa shape index (κ2) is 5.10. The Morgan fingerprint density at radius 3 is 1.50 bits per heavy atom. The Bertz CT molecular complexity index is 425. The Hall–Kier alpha value is -1.54. The summed E-state index contributed by atoms with van der Waals surface area (Å²) in [5, 5.41) is 0. The topological polar surface area (TPSA) is 9.23 Å². The zero-order valence-corrected chi connectivity index (χ0v) is 9.82. The van der Waals surface area contributed by atoms with Gasteiger partial charge >= 0.3 is 18.5 Å². The number of hydrogen-bond acceptors (Lipinski definition) is 1. The van der Waals surface area contributed by atoms with Gasteiger partial charge in [-0.3, -0.25) is 0 Å². The van der Waals surface area contributed by atoms with Crippen molar-refractivity contribution in [3.05, 3.63) is 29.8 Å². The molecule has 1 aromatic rings. The van der Waals surface area contributed by atoms with Crippen molar-refractivity contribution in [3.8, 4) is 5.75 Å². The van der Waals surface area contributed by atoms with Gasteiger partial charge in [0.05, 0.1) is 0 Å². The highest BCUT2D eigenvalue weighted by Gasteiger charge is 2.57. The normalized spacial score (nSPS) is 13.7. The van der Waals surface area contributed by atoms with Crippen LogP contribution in [-0.2, 0) is 0 Å². The fraction of sp³-hybridized carbons (Fsp3) is 0.455. The quantitative estimate of drug-likeness (QED) is 0.723. The molecule has 1 nitrogen and oxygen atoms in total. The van der Waals surface area contributed by atoms with Crippen LogP contribution in [0.2, 0.25) is 0 Å². The van der Waals surface area contributed by atoms with Crippen molar-refractivity contribution in [3.63, 3.8) is 0 Å². The average Bonchev–Trinajstić information content (AvgIpc) is 2.14. The van der Waals surface area contributed by atoms with Crippen molar-refractivity contribution in [2.24, 2.45) is 0 Å². The van der Waals surface area contributed by atoms with Gasteiger partial charge in [-0.25, -0.2) is 0 Å². The van der Waals surface area contributed by atoms with Crippen LogP contribution in [0, 0.1) is 0 Å². The zero-order chi connectivity index (χ0) is 15.8. The fourth-order valence-corrected chi connectivity index (χ4v) is 1.50. The van der Waals surface area contributed by atoms with Crippen LogP contribution in [0.5, 0.6) is 5.75 Å². The molecule has 0 aromatic heterocycles. The van der Waals surface area contributed by atoms with E-state index in [9.17, 15) is 35.1 Å². The van der Waals surface area contributed by atoms with Gasteiger partial charge in [0.2, 0.25) is 0 Å². The lowest BCUT2D eigenvalue weighted by molar-refractivity contribution is -0.253. The molecule has 0 aliphatic heterocycles. The highest BCUT2D eigenvalue weighted by molar-refractivity contribution is 5.31. The summed E-state index contributed by atoms with van der Waals surface area (Å²) in [7, 11) is 0. The molecule has 0 spiro atoms. The molecule has 0 fully saturated rings. The van der Waals surface area contributed by atoms with Gasteiger partial charge in [-0.1, -0.05) is 12.1 Å². The van der Waals surface area contributed by atoms with Crippen LogP contribution >= 0.6 is 0 Å². The van der Waals surface area contributed by atoms with Gasteiger partial charge in [0.15, 0.2) is 5.92 Å². The second-order valence-electron chi connectivity index (χ2n) is 4.00. The third-order valence-corrected chi connectivity index (χ3v) is 2.17. The van der Waals surface area contributed by atoms with E-state index in [1.165, 1.54) is 0 Å². The van der Waals surface area contributed by atoms with Gasteiger partial charge in [0.25, 0.3) is 0 Å². The molecular formula is C11H8F8O. The molecule has 9 heteroatoms. The predicted molar refractivity (Wildman–Crippen MR) is 52.5 cm³/mol. The first-order valence-corrected chi connectivity index (χ1v) is 5.11. The molecule has 0 amide bonds. The molecule has 0 heterocycles. The summed E-state index contributed by atoms with van der Waals surface area (Å²) in [6.45, 7) is 0.384. The lowest BCUT2D eigenvalue weighted by Crippen LogP contribution is -2.34. The van der Waals surface area contributed by atoms with Crippen molar-refractivity contribution in [1.29, 1.82) is 0 Å². The maximum atomic E-state index is 12.5. The predicted octanol–water partition coefficient (Wildman–Crippen LogP) is 4.89. The van der Waals surface area contributed by atoms with Crippen LogP contribution in [0.4, 0.5) is 35.1 Å². The van der Waals surface area contributed by atoms with Gasteiger partial charge in [0, 0.05) is 6.92 Å². The third-order valence-electron chi connectivity index (χ3n) is 2.17. The van der Waals surface area contributed by atoms with E-state index in [2.05, 4.69) is 4.74 Å². The summed E-state index contributed by atoms with van der Waals surface area (Å²) in [6.07, 6.45) is -14.7. The largest absolute Gasteiger partial charge is 0.433 e. The Labute approximate surface area is 108 Å². The molecule has 0 aliphatic carbocycles.